The first-order chi connectivity index (χ1) is 29.9. The molecule has 0 aromatic heterocycles. The third kappa shape index (κ3) is 49.3. The third-order valence-electron chi connectivity index (χ3n) is 12.5. The normalized spacial score (nSPS) is 12.0. The molecule has 0 aliphatic rings. The standard InChI is InChI=1S/C55H106O6/c1-5-7-9-11-13-15-16-17-18-19-20-24-27-31-35-39-43-47-54(57)60-50-52(49-59-53(56)46-42-38-34-29-14-12-10-8-6-2)61-55(58)48-44-40-36-32-28-25-22-21-23-26-30-33-37-41-45-51(3)4/h51-52H,5-50H2,1-4H3/t52-/m1/s1. The molecular formula is C55H106O6. The van der Waals surface area contributed by atoms with E-state index in [2.05, 4.69) is 27.7 Å². The Labute approximate surface area is 380 Å². The molecule has 0 saturated carbocycles. The molecule has 1 atom stereocenters. The van der Waals surface area contributed by atoms with Crippen molar-refractivity contribution in [2.45, 2.75) is 316 Å². The predicted molar refractivity (Wildman–Crippen MR) is 261 cm³/mol. The zero-order valence-electron chi connectivity index (χ0n) is 41.6. The van der Waals surface area contributed by atoms with E-state index in [1.165, 1.54) is 205 Å². The highest BCUT2D eigenvalue weighted by Crippen LogP contribution is 2.17. The van der Waals surface area contributed by atoms with E-state index in [1.807, 2.05) is 0 Å². The molecule has 6 heteroatoms. The number of hydrogen-bond acceptors (Lipinski definition) is 6. The predicted octanol–water partition coefficient (Wildman–Crippen LogP) is 17.8. The second kappa shape index (κ2) is 49.4. The van der Waals surface area contributed by atoms with Gasteiger partial charge in [0.05, 0.1) is 0 Å². The van der Waals surface area contributed by atoms with Gasteiger partial charge in [0.2, 0.25) is 0 Å². The lowest BCUT2D eigenvalue weighted by atomic mass is 10.0. The van der Waals surface area contributed by atoms with E-state index in [0.29, 0.717) is 19.3 Å². The first kappa shape index (κ1) is 59.4. The maximum Gasteiger partial charge on any atom is 0.306 e. The average molecular weight is 863 g/mol. The second-order valence-corrected chi connectivity index (χ2v) is 19.3. The summed E-state index contributed by atoms with van der Waals surface area (Å²) >= 11 is 0. The van der Waals surface area contributed by atoms with Gasteiger partial charge in [-0.05, 0) is 25.2 Å². The molecule has 0 unspecified atom stereocenters. The molecule has 61 heavy (non-hydrogen) atoms. The van der Waals surface area contributed by atoms with Gasteiger partial charge < -0.3 is 14.2 Å². The zero-order chi connectivity index (χ0) is 44.5. The largest absolute Gasteiger partial charge is 0.462 e. The van der Waals surface area contributed by atoms with Crippen LogP contribution < -0.4 is 0 Å². The SMILES string of the molecule is CCCCCCCCCCCCCCCCCCCC(=O)OC[C@@H](COC(=O)CCCCCCCCCCC)OC(=O)CCCCCCCCCCCCCCCCC(C)C. The van der Waals surface area contributed by atoms with Crippen molar-refractivity contribution in [3.8, 4) is 0 Å². The van der Waals surface area contributed by atoms with Crippen LogP contribution in [0.3, 0.4) is 0 Å². The number of hydrogen-bond donors (Lipinski definition) is 0. The second-order valence-electron chi connectivity index (χ2n) is 19.3. The summed E-state index contributed by atoms with van der Waals surface area (Å²) in [6, 6.07) is 0. The van der Waals surface area contributed by atoms with E-state index in [4.69, 9.17) is 14.2 Å². The van der Waals surface area contributed by atoms with Gasteiger partial charge in [0.1, 0.15) is 13.2 Å². The van der Waals surface area contributed by atoms with Gasteiger partial charge in [-0.3, -0.25) is 14.4 Å². The number of carbonyl (C=O) groups is 3. The number of rotatable bonds is 50. The van der Waals surface area contributed by atoms with Crippen LogP contribution in [0.25, 0.3) is 0 Å². The van der Waals surface area contributed by atoms with Gasteiger partial charge >= 0.3 is 17.9 Å². The van der Waals surface area contributed by atoms with Crippen molar-refractivity contribution < 1.29 is 28.6 Å². The molecule has 6 nitrogen and oxygen atoms in total. The van der Waals surface area contributed by atoms with E-state index in [1.54, 1.807) is 0 Å². The smallest absolute Gasteiger partial charge is 0.306 e. The Morgan fingerprint density at radius 1 is 0.311 bits per heavy atom. The van der Waals surface area contributed by atoms with Crippen molar-refractivity contribution in [1.82, 2.24) is 0 Å². The lowest BCUT2D eigenvalue weighted by Gasteiger charge is -2.18. The Kier molecular flexibility index (Phi) is 48.1. The van der Waals surface area contributed by atoms with E-state index in [0.717, 1.165) is 63.7 Å². The van der Waals surface area contributed by atoms with E-state index in [-0.39, 0.29) is 31.1 Å². The maximum atomic E-state index is 12.8. The fourth-order valence-corrected chi connectivity index (χ4v) is 8.39. The van der Waals surface area contributed by atoms with Gasteiger partial charge in [0, 0.05) is 19.3 Å². The van der Waals surface area contributed by atoms with Crippen molar-refractivity contribution in [1.29, 1.82) is 0 Å². The Balaban J connectivity index is 4.23. The summed E-state index contributed by atoms with van der Waals surface area (Å²) in [6.45, 7) is 9.03. The minimum absolute atomic E-state index is 0.0624. The lowest BCUT2D eigenvalue weighted by Crippen LogP contribution is -2.30. The minimum Gasteiger partial charge on any atom is -0.462 e. The first-order valence-corrected chi connectivity index (χ1v) is 27.4. The minimum atomic E-state index is -0.760. The number of esters is 3. The molecular weight excluding hydrogens is 757 g/mol. The quantitative estimate of drug-likeness (QED) is 0.0344. The Hall–Kier alpha value is -1.59. The highest BCUT2D eigenvalue weighted by Gasteiger charge is 2.19. The fraction of sp³-hybridized carbons (Fsp3) is 0.945. The van der Waals surface area contributed by atoms with Crippen LogP contribution >= 0.6 is 0 Å². The van der Waals surface area contributed by atoms with E-state index < -0.39 is 6.10 Å². The third-order valence-corrected chi connectivity index (χ3v) is 12.5. The van der Waals surface area contributed by atoms with Crippen LogP contribution in [0.2, 0.25) is 0 Å². The summed E-state index contributed by atoms with van der Waals surface area (Å²) in [6.07, 6.45) is 52.4. The van der Waals surface area contributed by atoms with Crippen molar-refractivity contribution in [3.63, 3.8) is 0 Å². The molecule has 0 saturated heterocycles. The molecule has 0 aromatic carbocycles. The van der Waals surface area contributed by atoms with Gasteiger partial charge in [-0.15, -0.1) is 0 Å². The van der Waals surface area contributed by atoms with Crippen LogP contribution in [0, 0.1) is 5.92 Å². The van der Waals surface area contributed by atoms with Gasteiger partial charge in [0.15, 0.2) is 6.10 Å². The molecule has 362 valence electrons. The Morgan fingerprint density at radius 2 is 0.541 bits per heavy atom. The first-order valence-electron chi connectivity index (χ1n) is 27.4. The molecule has 0 heterocycles. The Morgan fingerprint density at radius 3 is 0.803 bits per heavy atom. The summed E-state index contributed by atoms with van der Waals surface area (Å²) in [7, 11) is 0. The van der Waals surface area contributed by atoms with Crippen LogP contribution in [0.1, 0.15) is 310 Å². The molecule has 0 aromatic rings. The Bertz CT molecular complexity index is 918. The van der Waals surface area contributed by atoms with Crippen molar-refractivity contribution in [3.05, 3.63) is 0 Å². The summed E-state index contributed by atoms with van der Waals surface area (Å²) in [4.78, 5) is 37.9. The molecule has 0 radical (unpaired) electrons. The molecule has 0 rings (SSSR count). The van der Waals surface area contributed by atoms with E-state index in [9.17, 15) is 14.4 Å². The van der Waals surface area contributed by atoms with Gasteiger partial charge in [-0.2, -0.15) is 0 Å². The molecule has 0 bridgehead atoms. The topological polar surface area (TPSA) is 78.9 Å². The van der Waals surface area contributed by atoms with Crippen LogP contribution in [0.4, 0.5) is 0 Å². The van der Waals surface area contributed by atoms with Crippen LogP contribution in [0.15, 0.2) is 0 Å². The van der Waals surface area contributed by atoms with Crippen molar-refractivity contribution in [2.75, 3.05) is 13.2 Å². The summed E-state index contributed by atoms with van der Waals surface area (Å²) in [5.74, 6) is 0.000856. The number of carbonyl (C=O) groups excluding carboxylic acids is 3. The molecule has 0 amide bonds. The number of ether oxygens (including phenoxy) is 3. The van der Waals surface area contributed by atoms with Crippen LogP contribution in [0.5, 0.6) is 0 Å². The fourth-order valence-electron chi connectivity index (χ4n) is 8.39. The average Bonchev–Trinajstić information content (AvgIpc) is 3.24. The highest BCUT2D eigenvalue weighted by atomic mass is 16.6. The molecule has 0 aliphatic heterocycles. The maximum absolute atomic E-state index is 12.8. The van der Waals surface area contributed by atoms with E-state index >= 15 is 0 Å². The molecule has 0 aliphatic carbocycles. The molecule has 0 fully saturated rings. The molecule has 0 N–H and O–H groups in total. The summed E-state index contributed by atoms with van der Waals surface area (Å²) in [5.41, 5.74) is 0. The summed E-state index contributed by atoms with van der Waals surface area (Å²) in [5, 5.41) is 0. The van der Waals surface area contributed by atoms with Crippen LogP contribution in [-0.2, 0) is 28.6 Å². The summed E-state index contributed by atoms with van der Waals surface area (Å²) < 4.78 is 16.8. The van der Waals surface area contributed by atoms with Crippen molar-refractivity contribution >= 4 is 17.9 Å². The number of unbranched alkanes of at least 4 members (excludes halogenated alkanes) is 37. The van der Waals surface area contributed by atoms with Gasteiger partial charge in [-0.25, -0.2) is 0 Å². The van der Waals surface area contributed by atoms with Crippen molar-refractivity contribution in [2.24, 2.45) is 5.92 Å². The zero-order valence-corrected chi connectivity index (χ0v) is 41.6. The van der Waals surface area contributed by atoms with Crippen LogP contribution in [-0.4, -0.2) is 37.2 Å². The highest BCUT2D eigenvalue weighted by molar-refractivity contribution is 5.71. The van der Waals surface area contributed by atoms with Gasteiger partial charge in [-0.1, -0.05) is 272 Å². The lowest BCUT2D eigenvalue weighted by molar-refractivity contribution is -0.167. The molecule has 0 spiro atoms. The monoisotopic (exact) mass is 863 g/mol. The van der Waals surface area contributed by atoms with Gasteiger partial charge in [0.25, 0.3) is 0 Å².